The fourth-order valence-corrected chi connectivity index (χ4v) is 3.10. The molecule has 2 saturated heterocycles. The lowest BCUT2D eigenvalue weighted by Crippen LogP contribution is -2.45. The number of likely N-dealkylation sites (tertiary alicyclic amines) is 1. The summed E-state index contributed by atoms with van der Waals surface area (Å²) in [5.74, 6) is 0.256. The third-order valence-electron chi connectivity index (χ3n) is 4.56. The van der Waals surface area contributed by atoms with Crippen molar-refractivity contribution in [2.24, 2.45) is 5.41 Å². The van der Waals surface area contributed by atoms with Crippen LogP contribution in [0.5, 0.6) is 0 Å². The van der Waals surface area contributed by atoms with Crippen LogP contribution in [0.25, 0.3) is 0 Å². The number of piperidine rings is 1. The average molecular weight is 253 g/mol. The van der Waals surface area contributed by atoms with E-state index < -0.39 is 0 Å². The van der Waals surface area contributed by atoms with E-state index in [4.69, 9.17) is 0 Å². The highest BCUT2D eigenvalue weighted by molar-refractivity contribution is 5.83. The molecule has 2 rings (SSSR count). The molecular formula is C14H27N3O. The minimum atomic E-state index is -0.137. The van der Waals surface area contributed by atoms with Gasteiger partial charge < -0.3 is 15.5 Å². The molecule has 0 radical (unpaired) electrons. The second-order valence-corrected chi connectivity index (χ2v) is 5.72. The zero-order valence-electron chi connectivity index (χ0n) is 11.6. The van der Waals surface area contributed by atoms with Crippen molar-refractivity contribution in [3.8, 4) is 0 Å². The molecule has 0 aromatic carbocycles. The number of hydrogen-bond acceptors (Lipinski definition) is 3. The summed E-state index contributed by atoms with van der Waals surface area (Å²) in [6.45, 7) is 8.18. The van der Waals surface area contributed by atoms with Gasteiger partial charge in [-0.3, -0.25) is 4.79 Å². The Labute approximate surface area is 110 Å². The van der Waals surface area contributed by atoms with Gasteiger partial charge in [0.15, 0.2) is 0 Å². The average Bonchev–Trinajstić information content (AvgIpc) is 2.90. The molecule has 0 bridgehead atoms. The Morgan fingerprint density at radius 1 is 1.33 bits per heavy atom. The van der Waals surface area contributed by atoms with Gasteiger partial charge in [-0.1, -0.05) is 13.3 Å². The molecule has 2 aliphatic rings. The molecule has 4 heteroatoms. The van der Waals surface area contributed by atoms with Crippen LogP contribution >= 0.6 is 0 Å². The molecule has 1 atom stereocenters. The van der Waals surface area contributed by atoms with E-state index in [1.807, 2.05) is 0 Å². The lowest BCUT2D eigenvalue weighted by atomic mass is 9.83. The zero-order chi connectivity index (χ0) is 12.8. The van der Waals surface area contributed by atoms with Gasteiger partial charge in [-0.05, 0) is 45.3 Å². The first-order valence-corrected chi connectivity index (χ1v) is 7.48. The van der Waals surface area contributed by atoms with Gasteiger partial charge in [-0.15, -0.1) is 0 Å². The van der Waals surface area contributed by atoms with Gasteiger partial charge in [0.25, 0.3) is 0 Å². The molecular weight excluding hydrogens is 226 g/mol. The zero-order valence-corrected chi connectivity index (χ0v) is 11.6. The molecule has 0 aromatic rings. The fraction of sp³-hybridized carbons (Fsp3) is 0.929. The summed E-state index contributed by atoms with van der Waals surface area (Å²) in [6.07, 6.45) is 5.93. The van der Waals surface area contributed by atoms with E-state index in [2.05, 4.69) is 22.5 Å². The Morgan fingerprint density at radius 2 is 2.11 bits per heavy atom. The van der Waals surface area contributed by atoms with Gasteiger partial charge in [-0.25, -0.2) is 0 Å². The minimum Gasteiger partial charge on any atom is -0.354 e. The van der Waals surface area contributed by atoms with Crippen molar-refractivity contribution in [3.05, 3.63) is 0 Å². The summed E-state index contributed by atoms with van der Waals surface area (Å²) in [7, 11) is 0. The number of carbonyl (C=O) groups excluding carboxylic acids is 1. The lowest BCUT2D eigenvalue weighted by molar-refractivity contribution is -0.130. The van der Waals surface area contributed by atoms with E-state index in [0.717, 1.165) is 39.0 Å². The van der Waals surface area contributed by atoms with E-state index in [0.29, 0.717) is 0 Å². The first-order valence-electron chi connectivity index (χ1n) is 7.48. The summed E-state index contributed by atoms with van der Waals surface area (Å²) >= 11 is 0. The van der Waals surface area contributed by atoms with E-state index >= 15 is 0 Å². The van der Waals surface area contributed by atoms with Crippen molar-refractivity contribution in [3.63, 3.8) is 0 Å². The molecule has 2 fully saturated rings. The van der Waals surface area contributed by atoms with Crippen molar-refractivity contribution in [2.75, 3.05) is 39.3 Å². The Bertz CT molecular complexity index is 268. The van der Waals surface area contributed by atoms with Crippen LogP contribution in [-0.4, -0.2) is 50.1 Å². The molecule has 18 heavy (non-hydrogen) atoms. The fourth-order valence-electron chi connectivity index (χ4n) is 3.10. The van der Waals surface area contributed by atoms with Gasteiger partial charge in [0.05, 0.1) is 5.41 Å². The third kappa shape index (κ3) is 3.23. The van der Waals surface area contributed by atoms with Crippen molar-refractivity contribution in [1.29, 1.82) is 0 Å². The molecule has 2 N–H and O–H groups in total. The van der Waals surface area contributed by atoms with E-state index in [1.54, 1.807) is 0 Å². The van der Waals surface area contributed by atoms with Gasteiger partial charge >= 0.3 is 0 Å². The monoisotopic (exact) mass is 253 g/mol. The standard InChI is InChI=1S/C14H27N3O/c1-2-14(6-7-15-12-14)13(18)16-8-11-17-9-4-3-5-10-17/h15H,2-12H2,1H3,(H,16,18). The predicted molar refractivity (Wildman–Crippen MR) is 73.5 cm³/mol. The van der Waals surface area contributed by atoms with Gasteiger partial charge in [-0.2, -0.15) is 0 Å². The highest BCUT2D eigenvalue weighted by Gasteiger charge is 2.39. The summed E-state index contributed by atoms with van der Waals surface area (Å²) in [4.78, 5) is 14.7. The number of amides is 1. The molecule has 2 aliphatic heterocycles. The van der Waals surface area contributed by atoms with Crippen LogP contribution < -0.4 is 10.6 Å². The SMILES string of the molecule is CCC1(C(=O)NCCN2CCCCC2)CCNC1. The van der Waals surface area contributed by atoms with Crippen LogP contribution in [0.2, 0.25) is 0 Å². The van der Waals surface area contributed by atoms with Crippen LogP contribution in [0.1, 0.15) is 39.0 Å². The largest absolute Gasteiger partial charge is 0.354 e. The molecule has 1 unspecified atom stereocenters. The lowest BCUT2D eigenvalue weighted by Gasteiger charge is -2.28. The second-order valence-electron chi connectivity index (χ2n) is 5.72. The summed E-state index contributed by atoms with van der Waals surface area (Å²) in [5, 5.41) is 6.46. The van der Waals surface area contributed by atoms with Crippen molar-refractivity contribution < 1.29 is 4.79 Å². The van der Waals surface area contributed by atoms with Crippen LogP contribution in [0.15, 0.2) is 0 Å². The normalized spacial score (nSPS) is 29.4. The van der Waals surface area contributed by atoms with E-state index in [9.17, 15) is 4.79 Å². The Morgan fingerprint density at radius 3 is 2.72 bits per heavy atom. The highest BCUT2D eigenvalue weighted by Crippen LogP contribution is 2.29. The van der Waals surface area contributed by atoms with Gasteiger partial charge in [0, 0.05) is 19.6 Å². The maximum atomic E-state index is 12.3. The van der Waals surface area contributed by atoms with Gasteiger partial charge in [0.1, 0.15) is 0 Å². The number of nitrogens with zero attached hydrogens (tertiary/aromatic N) is 1. The van der Waals surface area contributed by atoms with E-state index in [-0.39, 0.29) is 11.3 Å². The second kappa shape index (κ2) is 6.53. The number of rotatable bonds is 5. The van der Waals surface area contributed by atoms with Crippen LogP contribution in [0.3, 0.4) is 0 Å². The molecule has 0 aliphatic carbocycles. The maximum absolute atomic E-state index is 12.3. The highest BCUT2D eigenvalue weighted by atomic mass is 16.2. The Kier molecular flexibility index (Phi) is 5.01. The number of nitrogens with one attached hydrogen (secondary N) is 2. The molecule has 0 saturated carbocycles. The Balaban J connectivity index is 1.70. The van der Waals surface area contributed by atoms with E-state index in [1.165, 1.54) is 32.4 Å². The molecule has 1 amide bonds. The quantitative estimate of drug-likeness (QED) is 0.767. The van der Waals surface area contributed by atoms with Crippen LogP contribution in [-0.2, 0) is 4.79 Å². The minimum absolute atomic E-state index is 0.137. The summed E-state index contributed by atoms with van der Waals surface area (Å²) < 4.78 is 0. The maximum Gasteiger partial charge on any atom is 0.227 e. The van der Waals surface area contributed by atoms with Crippen LogP contribution in [0.4, 0.5) is 0 Å². The molecule has 2 heterocycles. The topological polar surface area (TPSA) is 44.4 Å². The van der Waals surface area contributed by atoms with Crippen molar-refractivity contribution in [2.45, 2.75) is 39.0 Å². The number of carbonyl (C=O) groups is 1. The Hall–Kier alpha value is -0.610. The van der Waals surface area contributed by atoms with Crippen molar-refractivity contribution >= 4 is 5.91 Å². The first kappa shape index (κ1) is 13.8. The smallest absolute Gasteiger partial charge is 0.227 e. The van der Waals surface area contributed by atoms with Crippen molar-refractivity contribution in [1.82, 2.24) is 15.5 Å². The summed E-state index contributed by atoms with van der Waals surface area (Å²) in [5.41, 5.74) is -0.137. The van der Waals surface area contributed by atoms with Crippen LogP contribution in [0, 0.1) is 5.41 Å². The molecule has 104 valence electrons. The number of hydrogen-bond donors (Lipinski definition) is 2. The molecule has 0 aromatic heterocycles. The summed E-state index contributed by atoms with van der Waals surface area (Å²) in [6, 6.07) is 0. The molecule has 4 nitrogen and oxygen atoms in total. The first-order chi connectivity index (χ1) is 8.77. The third-order valence-corrected chi connectivity index (χ3v) is 4.56. The predicted octanol–water partition coefficient (Wildman–Crippen LogP) is 0.978. The molecule has 0 spiro atoms. The van der Waals surface area contributed by atoms with Gasteiger partial charge in [0.2, 0.25) is 5.91 Å².